The molecule has 12 nitrogen and oxygen atoms in total. The molecule has 0 spiro atoms. The van der Waals surface area contributed by atoms with Crippen molar-refractivity contribution in [1.29, 1.82) is 0 Å². The van der Waals surface area contributed by atoms with Gasteiger partial charge in [0.05, 0.1) is 0 Å². The number of ether oxygens (including phenoxy) is 1. The Morgan fingerprint density at radius 1 is 0.532 bits per heavy atom. The Morgan fingerprint density at radius 3 is 1.56 bits per heavy atom. The van der Waals surface area contributed by atoms with E-state index in [2.05, 4.69) is 231 Å². The van der Waals surface area contributed by atoms with Crippen LogP contribution in [0.4, 0.5) is 22.7 Å². The zero-order valence-electron chi connectivity index (χ0n) is 49.7. The number of aromatic nitrogens is 3. The minimum atomic E-state index is -0.868. The number of fused-ring (bicyclic) bond motifs is 4. The van der Waals surface area contributed by atoms with Crippen LogP contribution >= 0.6 is 0 Å². The van der Waals surface area contributed by atoms with Crippen molar-refractivity contribution >= 4 is 98.2 Å². The van der Waals surface area contributed by atoms with Crippen LogP contribution in [0, 0.1) is 25.7 Å². The first kappa shape index (κ1) is 58.9. The van der Waals surface area contributed by atoms with Crippen molar-refractivity contribution in [1.82, 2.24) is 14.5 Å². The average molecular weight is 1240 g/mol. The fourth-order valence-corrected chi connectivity index (χ4v) is 9.99. The zero-order chi connectivity index (χ0) is 56.2. The van der Waals surface area contributed by atoms with E-state index in [0.717, 1.165) is 61.2 Å². The van der Waals surface area contributed by atoms with Crippen LogP contribution in [0.5, 0.6) is 11.5 Å². The predicted molar refractivity (Wildman–Crippen MR) is 323 cm³/mol. The number of anilines is 4. The number of rotatable bonds is 7. The van der Waals surface area contributed by atoms with E-state index in [9.17, 15) is 0 Å². The fraction of sp³-hybridized carbons (Fsp3) is 0.417. The standard InChI is InChI=1S/C60H74B6N5O7.Pt/c1-39-52(72-43-28-29-45-44-24-20-21-25-48(44)71(51(45)36-43)53-34-40(30-31-67-53)55(2,3)4)35-42(37-68-39)69-38-70(50-27-23-22-26-49(50)69)54-46(61-73-63(57(8,9)10)77-64(74-61)58(11,12)13)32-41(56(5,6)7)33-47(54)62-75-65(59(14,15)16)78-66(76-62)60(17,18)19;/h20-34,37-38H,1-19H3;/q-3;. The average Bonchev–Trinajstić information content (AvgIpc) is 4.14. The smallest absolute Gasteiger partial charge is 0.468 e. The van der Waals surface area contributed by atoms with Gasteiger partial charge in [-0.15, -0.1) is 30.3 Å². The van der Waals surface area contributed by atoms with Crippen molar-refractivity contribution < 1.29 is 53.2 Å². The van der Waals surface area contributed by atoms with Crippen LogP contribution in [0.1, 0.15) is 141 Å². The van der Waals surface area contributed by atoms with Crippen LogP contribution in [0.3, 0.4) is 0 Å². The van der Waals surface area contributed by atoms with Gasteiger partial charge in [0.25, 0.3) is 0 Å². The summed E-state index contributed by atoms with van der Waals surface area (Å²) in [6.45, 7) is 42.9. The molecule has 2 saturated heterocycles. The monoisotopic (exact) mass is 1240 g/mol. The maximum atomic E-state index is 7.06. The molecule has 0 unspecified atom stereocenters. The Labute approximate surface area is 486 Å². The van der Waals surface area contributed by atoms with Gasteiger partial charge in [-0.1, -0.05) is 191 Å². The van der Waals surface area contributed by atoms with E-state index < -0.39 is 64.0 Å². The van der Waals surface area contributed by atoms with Crippen LogP contribution in [0.2, 0.25) is 21.3 Å². The molecule has 0 bridgehead atoms. The molecular formula is C60H74B6N5O7Pt-3. The molecule has 0 N–H and O–H groups in total. The largest absolute Gasteiger partial charge is 0.507 e. The molecule has 3 aliphatic heterocycles. The van der Waals surface area contributed by atoms with Crippen LogP contribution in [-0.2, 0) is 59.3 Å². The molecule has 0 aliphatic carbocycles. The summed E-state index contributed by atoms with van der Waals surface area (Å²) >= 11 is 0. The van der Waals surface area contributed by atoms with Gasteiger partial charge in [-0.05, 0) is 84.6 Å². The minimum absolute atomic E-state index is 0. The molecule has 3 aliphatic rings. The third-order valence-corrected chi connectivity index (χ3v) is 14.5. The molecule has 19 heteroatoms. The SMILES string of the molecule is Cc1ncc(N2[CH-]N(c3c(B4OB(C(C)(C)C)OB(C(C)(C)C)O4)cc(C(C)(C)C)cc3B3OB(C(C)(C)C)OB(C(C)(C)C)O3)c3ccccc32)[c-]c1Oc1[c-]c2c(cc1)c1ccccc1n2-c1cc(C(C)(C)C)ccn1.[Pt]. The second-order valence-electron chi connectivity index (χ2n) is 27.7. The Kier molecular flexibility index (Phi) is 15.8. The fourth-order valence-electron chi connectivity index (χ4n) is 9.99. The molecular weight excluding hydrogens is 1160 g/mol. The molecule has 0 radical (unpaired) electrons. The summed E-state index contributed by atoms with van der Waals surface area (Å²) in [6, 6.07) is 36.8. The van der Waals surface area contributed by atoms with Gasteiger partial charge < -0.3 is 51.5 Å². The summed E-state index contributed by atoms with van der Waals surface area (Å²) in [5, 5.41) is 0.585. The van der Waals surface area contributed by atoms with E-state index in [-0.39, 0.29) is 31.9 Å². The summed E-state index contributed by atoms with van der Waals surface area (Å²) in [6.07, 6.45) is 3.72. The van der Waals surface area contributed by atoms with Gasteiger partial charge in [0.15, 0.2) is 0 Å². The topological polar surface area (TPSA) is 102 Å². The molecule has 0 atom stereocenters. The quantitative estimate of drug-likeness (QED) is 0.113. The minimum Gasteiger partial charge on any atom is -0.507 e. The summed E-state index contributed by atoms with van der Waals surface area (Å²) in [5.74, 6) is 1.81. The van der Waals surface area contributed by atoms with Crippen molar-refractivity contribution in [2.24, 2.45) is 0 Å². The maximum Gasteiger partial charge on any atom is 0.468 e. The van der Waals surface area contributed by atoms with E-state index in [1.54, 1.807) is 0 Å². The molecule has 4 aromatic carbocycles. The van der Waals surface area contributed by atoms with Gasteiger partial charge in [-0.3, -0.25) is 0 Å². The van der Waals surface area contributed by atoms with Crippen molar-refractivity contribution in [3.63, 3.8) is 0 Å². The molecule has 7 aromatic rings. The van der Waals surface area contributed by atoms with Crippen molar-refractivity contribution in [2.45, 2.75) is 164 Å². The van der Waals surface area contributed by atoms with Gasteiger partial charge >= 0.3 is 42.7 Å². The Hall–Kier alpha value is -4.78. The molecule has 0 saturated carbocycles. The van der Waals surface area contributed by atoms with Gasteiger partial charge in [0.2, 0.25) is 0 Å². The number of pyridine rings is 2. The maximum absolute atomic E-state index is 7.06. The first-order valence-corrected chi connectivity index (χ1v) is 27.5. The summed E-state index contributed by atoms with van der Waals surface area (Å²) in [5.41, 5.74) is 9.27. The van der Waals surface area contributed by atoms with E-state index >= 15 is 0 Å². The predicted octanol–water partition coefficient (Wildman–Crippen LogP) is 13.9. The van der Waals surface area contributed by atoms with Gasteiger partial charge in [0, 0.05) is 72.3 Å². The molecule has 3 aromatic heterocycles. The van der Waals surface area contributed by atoms with Gasteiger partial charge in [0.1, 0.15) is 5.82 Å². The van der Waals surface area contributed by atoms with E-state index in [1.807, 2.05) is 31.5 Å². The van der Waals surface area contributed by atoms with Crippen LogP contribution in [-0.4, -0.2) is 57.2 Å². The van der Waals surface area contributed by atoms with Crippen molar-refractivity contribution in [3.8, 4) is 17.3 Å². The number of aryl methyl sites for hydroxylation is 1. The number of hydrogen-bond donors (Lipinski definition) is 0. The molecule has 79 heavy (non-hydrogen) atoms. The first-order valence-electron chi connectivity index (χ1n) is 27.5. The van der Waals surface area contributed by atoms with Gasteiger partial charge in [-0.25, -0.2) is 4.98 Å². The van der Waals surface area contributed by atoms with Gasteiger partial charge in [-0.2, -0.15) is 6.07 Å². The molecule has 0 amide bonds. The van der Waals surface area contributed by atoms with Crippen molar-refractivity contribution in [2.75, 3.05) is 9.80 Å². The number of benzene rings is 4. The van der Waals surface area contributed by atoms with Crippen LogP contribution in [0.15, 0.2) is 97.3 Å². The van der Waals surface area contributed by atoms with E-state index in [4.69, 9.17) is 42.1 Å². The van der Waals surface area contributed by atoms with E-state index in [0.29, 0.717) is 22.9 Å². The first-order chi connectivity index (χ1) is 36.3. The molecule has 6 heterocycles. The number of para-hydroxylation sites is 3. The zero-order valence-corrected chi connectivity index (χ0v) is 52.0. The third kappa shape index (κ3) is 11.8. The number of nitrogens with zero attached hydrogens (tertiary/aromatic N) is 5. The summed E-state index contributed by atoms with van der Waals surface area (Å²) in [4.78, 5) is 14.1. The second-order valence-corrected chi connectivity index (χ2v) is 27.7. The summed E-state index contributed by atoms with van der Waals surface area (Å²) in [7, 11) is -4.14. The van der Waals surface area contributed by atoms with Crippen LogP contribution < -0.4 is 25.5 Å². The Balaban J connectivity index is 0.00000757. The molecule has 412 valence electrons. The normalized spacial score (nSPS) is 16.1. The summed E-state index contributed by atoms with van der Waals surface area (Å²) < 4.78 is 50.6. The Bertz CT molecular complexity index is 3280. The van der Waals surface area contributed by atoms with Crippen LogP contribution in [0.25, 0.3) is 27.6 Å². The van der Waals surface area contributed by atoms with Crippen molar-refractivity contribution in [3.05, 3.63) is 133 Å². The van der Waals surface area contributed by atoms with E-state index in [1.165, 1.54) is 5.56 Å². The Morgan fingerprint density at radius 2 is 1.04 bits per heavy atom. The third-order valence-electron chi connectivity index (χ3n) is 14.5. The molecule has 2 fully saturated rings. The molecule has 10 rings (SSSR count). The second kappa shape index (κ2) is 21.2. The number of hydrogen-bond acceptors (Lipinski definition) is 11.